The Morgan fingerprint density at radius 2 is 2.17 bits per heavy atom. The van der Waals surface area contributed by atoms with E-state index >= 15 is 0 Å². The molecule has 1 aromatic heterocycles. The van der Waals surface area contributed by atoms with E-state index in [1.54, 1.807) is 18.4 Å². The first kappa shape index (κ1) is 9.61. The van der Waals surface area contributed by atoms with Crippen LogP contribution in [-0.4, -0.2) is 11.5 Å². The van der Waals surface area contributed by atoms with Crippen molar-refractivity contribution in [2.24, 2.45) is 0 Å². The fourth-order valence-corrected chi connectivity index (χ4v) is 1.98. The average molecular weight is 192 g/mol. The highest BCUT2D eigenvalue weighted by molar-refractivity contribution is 7.10. The van der Waals surface area contributed by atoms with Crippen LogP contribution >= 0.6 is 11.3 Å². The normalized spacial score (nSPS) is 16.5. The maximum absolute atomic E-state index is 12.3. The first-order valence-electron chi connectivity index (χ1n) is 3.51. The lowest BCUT2D eigenvalue weighted by atomic mass is 10.0. The van der Waals surface area contributed by atoms with E-state index in [0.29, 0.717) is 10.4 Å². The summed E-state index contributed by atoms with van der Waals surface area (Å²) in [4.78, 5) is 0.345. The monoisotopic (exact) mass is 192 g/mol. The molecule has 0 aliphatic rings. The van der Waals surface area contributed by atoms with Gasteiger partial charge in [-0.3, -0.25) is 0 Å². The summed E-state index contributed by atoms with van der Waals surface area (Å²) in [5, 5.41) is 11.1. The second-order valence-electron chi connectivity index (χ2n) is 2.88. The Kier molecular flexibility index (Phi) is 2.49. The summed E-state index contributed by atoms with van der Waals surface area (Å²) in [7, 11) is 0. The van der Waals surface area contributed by atoms with Crippen LogP contribution < -0.4 is 0 Å². The van der Waals surface area contributed by atoms with E-state index in [2.05, 4.69) is 0 Å². The molecule has 0 aromatic carbocycles. The number of aliphatic hydroxyl groups is 1. The third-order valence-electron chi connectivity index (χ3n) is 1.75. The molecule has 1 heterocycles. The van der Waals surface area contributed by atoms with E-state index in [9.17, 15) is 13.9 Å². The predicted octanol–water partition coefficient (Wildman–Crippen LogP) is 2.53. The number of aryl methyl sites for hydroxylation is 1. The van der Waals surface area contributed by atoms with Gasteiger partial charge in [-0.15, -0.1) is 11.3 Å². The minimum Gasteiger partial charge on any atom is -0.379 e. The van der Waals surface area contributed by atoms with Crippen LogP contribution in [0.3, 0.4) is 0 Å². The fraction of sp³-hybridized carbons (Fsp3) is 0.500. The molecule has 1 N–H and O–H groups in total. The van der Waals surface area contributed by atoms with Gasteiger partial charge in [-0.2, -0.15) is 0 Å². The smallest absolute Gasteiger partial charge is 0.271 e. The van der Waals surface area contributed by atoms with Crippen LogP contribution in [0.1, 0.15) is 17.4 Å². The highest BCUT2D eigenvalue weighted by Gasteiger charge is 2.36. The van der Waals surface area contributed by atoms with Crippen molar-refractivity contribution in [1.82, 2.24) is 0 Å². The first-order chi connectivity index (χ1) is 5.46. The molecule has 0 bridgehead atoms. The third-order valence-corrected chi connectivity index (χ3v) is 2.99. The number of thiophene rings is 1. The molecule has 1 atom stereocenters. The van der Waals surface area contributed by atoms with Crippen molar-refractivity contribution >= 4 is 11.3 Å². The van der Waals surface area contributed by atoms with E-state index in [4.69, 9.17) is 0 Å². The Labute approximate surface area is 73.7 Å². The van der Waals surface area contributed by atoms with Gasteiger partial charge in [0.2, 0.25) is 0 Å². The SMILES string of the molecule is Cc1ccsc1C(C)(O)C(F)F. The average Bonchev–Trinajstić information content (AvgIpc) is 2.35. The molecule has 4 heteroatoms. The summed E-state index contributed by atoms with van der Waals surface area (Å²) in [6.07, 6.45) is -2.74. The predicted molar refractivity (Wildman–Crippen MR) is 44.6 cm³/mol. The molecule has 0 saturated carbocycles. The number of hydrogen-bond acceptors (Lipinski definition) is 2. The summed E-state index contributed by atoms with van der Waals surface area (Å²) in [6.45, 7) is 2.85. The molecule has 12 heavy (non-hydrogen) atoms. The third kappa shape index (κ3) is 1.49. The van der Waals surface area contributed by atoms with E-state index in [1.165, 1.54) is 0 Å². The Morgan fingerprint density at radius 1 is 1.58 bits per heavy atom. The second-order valence-corrected chi connectivity index (χ2v) is 3.80. The van der Waals surface area contributed by atoms with Gasteiger partial charge in [0.1, 0.15) is 0 Å². The van der Waals surface area contributed by atoms with Crippen molar-refractivity contribution in [3.63, 3.8) is 0 Å². The van der Waals surface area contributed by atoms with Crippen LogP contribution in [-0.2, 0) is 5.60 Å². The molecule has 0 saturated heterocycles. The number of alkyl halides is 2. The van der Waals surface area contributed by atoms with E-state index in [0.717, 1.165) is 18.3 Å². The molecule has 68 valence electrons. The van der Waals surface area contributed by atoms with E-state index in [1.807, 2.05) is 0 Å². The molecule has 1 aromatic rings. The fourth-order valence-electron chi connectivity index (χ4n) is 0.990. The van der Waals surface area contributed by atoms with E-state index in [-0.39, 0.29) is 0 Å². The maximum atomic E-state index is 12.3. The zero-order chi connectivity index (χ0) is 9.35. The van der Waals surface area contributed by atoms with Gasteiger partial charge in [0.15, 0.2) is 5.60 Å². The van der Waals surface area contributed by atoms with E-state index < -0.39 is 12.0 Å². The molecule has 1 rings (SSSR count). The molecule has 0 spiro atoms. The minimum atomic E-state index is -2.74. The topological polar surface area (TPSA) is 20.2 Å². The summed E-state index contributed by atoms with van der Waals surface area (Å²) in [5.41, 5.74) is -1.29. The lowest BCUT2D eigenvalue weighted by Gasteiger charge is -2.21. The van der Waals surface area contributed by atoms with Crippen LogP contribution in [0, 0.1) is 6.92 Å². The molecule has 0 amide bonds. The van der Waals surface area contributed by atoms with Crippen molar-refractivity contribution in [1.29, 1.82) is 0 Å². The molecular formula is C8H10F2OS. The number of rotatable bonds is 2. The molecule has 0 aliphatic carbocycles. The number of halogens is 2. The highest BCUT2D eigenvalue weighted by atomic mass is 32.1. The van der Waals surface area contributed by atoms with Gasteiger partial charge in [-0.05, 0) is 30.9 Å². The lowest BCUT2D eigenvalue weighted by molar-refractivity contribution is -0.0862. The summed E-state index contributed by atoms with van der Waals surface area (Å²) < 4.78 is 24.6. The van der Waals surface area contributed by atoms with Crippen LogP contribution in [0.5, 0.6) is 0 Å². The standard InChI is InChI=1S/C8H10F2OS/c1-5-3-4-12-6(5)8(2,11)7(9)10/h3-4,7,11H,1-2H3. The van der Waals surface area contributed by atoms with Crippen LogP contribution in [0.4, 0.5) is 8.78 Å². The van der Waals surface area contributed by atoms with Crippen LogP contribution in [0.2, 0.25) is 0 Å². The maximum Gasteiger partial charge on any atom is 0.271 e. The van der Waals surface area contributed by atoms with Crippen LogP contribution in [0.15, 0.2) is 11.4 Å². The zero-order valence-corrected chi connectivity index (χ0v) is 7.66. The Morgan fingerprint density at radius 3 is 2.50 bits per heavy atom. The molecule has 1 nitrogen and oxygen atoms in total. The zero-order valence-electron chi connectivity index (χ0n) is 6.84. The van der Waals surface area contributed by atoms with Gasteiger partial charge in [0.05, 0.1) is 0 Å². The van der Waals surface area contributed by atoms with Crippen molar-refractivity contribution in [2.45, 2.75) is 25.9 Å². The molecular weight excluding hydrogens is 182 g/mol. The van der Waals surface area contributed by atoms with Gasteiger partial charge in [-0.1, -0.05) is 0 Å². The second kappa shape index (κ2) is 3.11. The molecule has 0 fully saturated rings. The van der Waals surface area contributed by atoms with Crippen molar-refractivity contribution < 1.29 is 13.9 Å². The van der Waals surface area contributed by atoms with Crippen molar-refractivity contribution in [3.05, 3.63) is 21.9 Å². The van der Waals surface area contributed by atoms with Gasteiger partial charge in [0.25, 0.3) is 6.43 Å². The number of hydrogen-bond donors (Lipinski definition) is 1. The molecule has 0 radical (unpaired) electrons. The quantitative estimate of drug-likeness (QED) is 0.763. The summed E-state index contributed by atoms with van der Waals surface area (Å²) in [5.74, 6) is 0. The summed E-state index contributed by atoms with van der Waals surface area (Å²) >= 11 is 1.15. The van der Waals surface area contributed by atoms with Gasteiger partial charge < -0.3 is 5.11 Å². The molecule has 0 aliphatic heterocycles. The van der Waals surface area contributed by atoms with Gasteiger partial charge in [0, 0.05) is 4.88 Å². The summed E-state index contributed by atoms with van der Waals surface area (Å²) in [6, 6.07) is 1.72. The first-order valence-corrected chi connectivity index (χ1v) is 4.39. The van der Waals surface area contributed by atoms with Crippen molar-refractivity contribution in [3.8, 4) is 0 Å². The Hall–Kier alpha value is -0.480. The highest BCUT2D eigenvalue weighted by Crippen LogP contribution is 2.33. The Bertz CT molecular complexity index is 268. The van der Waals surface area contributed by atoms with Gasteiger partial charge >= 0.3 is 0 Å². The largest absolute Gasteiger partial charge is 0.379 e. The molecule has 1 unspecified atom stereocenters. The minimum absolute atomic E-state index is 0.345. The Balaban J connectivity index is 3.05. The van der Waals surface area contributed by atoms with Crippen molar-refractivity contribution in [2.75, 3.05) is 0 Å². The van der Waals surface area contributed by atoms with Crippen LogP contribution in [0.25, 0.3) is 0 Å². The van der Waals surface area contributed by atoms with Gasteiger partial charge in [-0.25, -0.2) is 8.78 Å². The lowest BCUT2D eigenvalue weighted by Crippen LogP contribution is -2.29.